The molecule has 10 aromatic rings. The van der Waals surface area contributed by atoms with Gasteiger partial charge in [-0.2, -0.15) is 15.1 Å². The molecule has 17 nitrogen and oxygen atoms in total. The Hall–Kier alpha value is -4.12. The number of pyridine rings is 2. The Balaban J connectivity index is 0.000000240. The predicted octanol–water partition coefficient (Wildman–Crippen LogP) is 4.62. The number of carbonyl (C=O) groups is 1. The van der Waals surface area contributed by atoms with Gasteiger partial charge < -0.3 is 20.6 Å². The molecule has 0 saturated heterocycles. The van der Waals surface area contributed by atoms with Gasteiger partial charge in [-0.1, -0.05) is 105 Å². The Labute approximate surface area is 517 Å². The zero-order valence-electron chi connectivity index (χ0n) is 39.3. The van der Waals surface area contributed by atoms with Crippen LogP contribution in [0.3, 0.4) is 0 Å². The number of aromatic amines is 1. The van der Waals surface area contributed by atoms with E-state index in [1.807, 2.05) is 144 Å². The number of benzene rings is 4. The van der Waals surface area contributed by atoms with Gasteiger partial charge in [0, 0.05) is 62.8 Å². The minimum Gasteiger partial charge on any atom is -1.00 e. The van der Waals surface area contributed by atoms with Crippen molar-refractivity contribution in [2.24, 2.45) is 0 Å². The van der Waals surface area contributed by atoms with E-state index in [0.29, 0.717) is 55.0 Å². The summed E-state index contributed by atoms with van der Waals surface area (Å²) in [7, 11) is 0. The van der Waals surface area contributed by atoms with Crippen molar-refractivity contribution >= 4 is 65.3 Å². The number of aryl methyl sites for hydroxylation is 2. The van der Waals surface area contributed by atoms with E-state index in [9.17, 15) is 0 Å². The smallest absolute Gasteiger partial charge is 1.00 e. The van der Waals surface area contributed by atoms with Gasteiger partial charge in [-0.15, -0.1) is 21.8 Å². The van der Waals surface area contributed by atoms with Crippen LogP contribution >= 0.6 is 58.8 Å². The molecule has 0 aliphatic carbocycles. The van der Waals surface area contributed by atoms with Crippen molar-refractivity contribution in [3.63, 3.8) is 0 Å². The third kappa shape index (κ3) is 16.4. The number of carbonyl (C=O) groups excluding carboxylic acids is 1. The summed E-state index contributed by atoms with van der Waals surface area (Å²) in [5.74, 6) is 4.28. The summed E-state index contributed by atoms with van der Waals surface area (Å²) in [4.78, 5) is 28.0. The van der Waals surface area contributed by atoms with Crippen LogP contribution in [-0.4, -0.2) is 66.3 Å². The molecule has 24 heteroatoms. The third-order valence-electron chi connectivity index (χ3n) is 9.39. The minimum absolute atomic E-state index is 0. The second kappa shape index (κ2) is 29.5. The maximum Gasteiger partial charge on any atom is 1.00 e. The summed E-state index contributed by atoms with van der Waals surface area (Å²) in [5.41, 5.74) is 7.91. The van der Waals surface area contributed by atoms with Gasteiger partial charge in [0.05, 0.1) is 11.4 Å². The first kappa shape index (κ1) is 57.8. The Morgan fingerprint density at radius 2 is 1.11 bits per heavy atom. The summed E-state index contributed by atoms with van der Waals surface area (Å²) < 4.78 is 14.7. The fourth-order valence-electron chi connectivity index (χ4n) is 6.08. The van der Waals surface area contributed by atoms with Crippen LogP contribution in [0, 0.1) is 18.6 Å². The molecule has 6 aromatic heterocycles. The summed E-state index contributed by atoms with van der Waals surface area (Å²) in [5, 5.41) is 34.3. The number of thioether (sulfide) groups is 1. The molecule has 0 unspecified atom stereocenters. The number of aromatic nitrogens is 12. The Morgan fingerprint density at radius 1 is 0.662 bits per heavy atom. The number of rotatable bonds is 11. The first-order chi connectivity index (χ1) is 33.6. The molecule has 0 radical (unpaired) electrons. The van der Waals surface area contributed by atoms with Crippen molar-refractivity contribution in [3.8, 4) is 56.9 Å². The van der Waals surface area contributed by atoms with E-state index in [1.54, 1.807) is 24.8 Å². The van der Waals surface area contributed by atoms with Crippen molar-refractivity contribution < 1.29 is 128 Å². The number of nitrogens with one attached hydrogen (secondary N) is 1. The molecule has 0 bridgehead atoms. The van der Waals surface area contributed by atoms with Gasteiger partial charge in [-0.05, 0) is 98.9 Å². The van der Waals surface area contributed by atoms with Crippen LogP contribution in [0.1, 0.15) is 24.3 Å². The van der Waals surface area contributed by atoms with Crippen molar-refractivity contribution in [3.05, 3.63) is 184 Å². The van der Waals surface area contributed by atoms with E-state index in [4.69, 9.17) is 66.1 Å². The van der Waals surface area contributed by atoms with Gasteiger partial charge in [-0.25, -0.2) is 0 Å². The van der Waals surface area contributed by atoms with Crippen LogP contribution in [-0.2, 0) is 21.3 Å². The molecular formula is C47H37Cl3K2N12O5S2. The van der Waals surface area contributed by atoms with Crippen LogP contribution < -0.4 is 108 Å². The van der Waals surface area contributed by atoms with E-state index in [1.165, 1.54) is 22.9 Å². The largest absolute Gasteiger partial charge is 1.00 e. The van der Waals surface area contributed by atoms with Crippen LogP contribution in [0.4, 0.5) is 0 Å². The van der Waals surface area contributed by atoms with Gasteiger partial charge in [0.2, 0.25) is 23.4 Å². The average molecular weight is 1100 g/mol. The molecule has 350 valence electrons. The number of nitrogens with zero attached hydrogens (tertiary/aromatic N) is 11. The van der Waals surface area contributed by atoms with Crippen LogP contribution in [0.2, 0.25) is 10.0 Å². The molecule has 10 rings (SSSR count). The van der Waals surface area contributed by atoms with Gasteiger partial charge >= 0.3 is 103 Å². The first-order valence-corrected chi connectivity index (χ1v) is 23.0. The molecule has 0 aliphatic rings. The number of halogens is 3. The van der Waals surface area contributed by atoms with E-state index in [2.05, 4.69) is 55.5 Å². The molecule has 0 amide bonds. The van der Waals surface area contributed by atoms with Crippen molar-refractivity contribution in [1.29, 1.82) is 0 Å². The fraction of sp³-hybridized carbons (Fsp3) is 0.0851. The second-order valence-electron chi connectivity index (χ2n) is 14.1. The standard InChI is InChI=1S/C23H17ClN6OS.C13H9ClN4S.C10H9ClN2O.CH2O3.2K.H/c1-15-2-4-16(5-3-15)21-26-20(31-29-21)14-32-23-28-27-22(17-10-12-25-13-11-17)30(23)19-8-6-18(24)7-9-19;14-10-1-3-11(4-2-10)18-12(16-17-13(18)19)9-5-7-15-8-6-9;1-7-2-4-8(5-3-7)10-12-9(6-11)14-13-10;2-1-4-3;;;/h2-13H,14H2,1H3;1-8H,(H,17,19);2-5H,6H2,1H3;1,3H;;;/q;;;;2*+1;-1/p-1. The molecule has 0 spiro atoms. The number of H-pyrrole nitrogens is 1. The van der Waals surface area contributed by atoms with Gasteiger partial charge in [0.1, 0.15) is 5.88 Å². The van der Waals surface area contributed by atoms with E-state index in [-0.39, 0.29) is 117 Å². The summed E-state index contributed by atoms with van der Waals surface area (Å²) in [6.07, 6.45) is 6.90. The molecule has 0 saturated carbocycles. The summed E-state index contributed by atoms with van der Waals surface area (Å²) in [6, 6.07) is 38.5. The maximum atomic E-state index is 8.64. The molecular weight excluding hydrogens is 1060 g/mol. The first-order valence-electron chi connectivity index (χ1n) is 20.3. The molecule has 4 aromatic carbocycles. The van der Waals surface area contributed by atoms with Crippen LogP contribution in [0.15, 0.2) is 160 Å². The second-order valence-corrected chi connectivity index (χ2v) is 16.6. The third-order valence-corrected chi connectivity index (χ3v) is 11.3. The van der Waals surface area contributed by atoms with Crippen molar-refractivity contribution in [2.75, 3.05) is 0 Å². The van der Waals surface area contributed by atoms with Crippen molar-refractivity contribution in [2.45, 2.75) is 30.6 Å². The summed E-state index contributed by atoms with van der Waals surface area (Å²) in [6.45, 7) is 3.89. The maximum absolute atomic E-state index is 8.64. The molecule has 1 N–H and O–H groups in total. The van der Waals surface area contributed by atoms with Gasteiger partial charge in [0.25, 0.3) is 6.47 Å². The van der Waals surface area contributed by atoms with Crippen LogP contribution in [0.25, 0.3) is 56.9 Å². The monoisotopic (exact) mass is 1100 g/mol. The molecule has 6 heterocycles. The van der Waals surface area contributed by atoms with E-state index in [0.717, 1.165) is 39.5 Å². The molecule has 71 heavy (non-hydrogen) atoms. The SMILES string of the molecule is Cc1ccc(-c2noc(CCl)n2)cc1.Cc1ccc(-c2noc(CSc3nnc(-c4ccncc4)n3-c3ccc(Cl)cc3)n2)cc1.O=CO[O-].S=c1[nH]nc(-c2ccncc2)n1-c1ccc(Cl)cc1.[H-].[K+].[K+]. The predicted molar refractivity (Wildman–Crippen MR) is 263 cm³/mol. The number of hydrogen-bond donors (Lipinski definition) is 1. The minimum atomic E-state index is -0.181. The topological polar surface area (TPSA) is 217 Å². The van der Waals surface area contributed by atoms with Crippen molar-refractivity contribution in [1.82, 2.24) is 59.8 Å². The fourth-order valence-corrected chi connectivity index (χ4v) is 7.47. The summed E-state index contributed by atoms with van der Waals surface area (Å²) >= 11 is 24.3. The molecule has 0 fully saturated rings. The molecule has 0 atom stereocenters. The average Bonchev–Trinajstić information content (AvgIpc) is 4.23. The van der Waals surface area contributed by atoms with Gasteiger partial charge in [-0.3, -0.25) is 29.0 Å². The molecule has 0 aliphatic heterocycles. The number of hydrogen-bond acceptors (Lipinski definition) is 16. The van der Waals surface area contributed by atoms with E-state index < -0.39 is 0 Å². The Kier molecular flexibility index (Phi) is 24.0. The quantitative estimate of drug-likeness (QED) is 0.0356. The van der Waals surface area contributed by atoms with Gasteiger partial charge in [0.15, 0.2) is 21.6 Å². The Bertz CT molecular complexity index is 3250. The normalized spacial score (nSPS) is 10.2. The zero-order chi connectivity index (χ0) is 48.5. The Morgan fingerprint density at radius 3 is 1.58 bits per heavy atom. The number of alkyl halides is 1. The van der Waals surface area contributed by atoms with Crippen LogP contribution in [0.5, 0.6) is 0 Å². The van der Waals surface area contributed by atoms with E-state index >= 15 is 0 Å². The zero-order valence-corrected chi connectivity index (χ0v) is 48.4.